The monoisotopic (exact) mass is 758 g/mol. The Labute approximate surface area is 319 Å². The first-order valence-corrected chi connectivity index (χ1v) is 18.2. The van der Waals surface area contributed by atoms with Gasteiger partial charge in [-0.05, 0) is 48.5 Å². The number of halogens is 3. The van der Waals surface area contributed by atoms with Gasteiger partial charge in [0.1, 0.15) is 17.2 Å². The van der Waals surface area contributed by atoms with Crippen LogP contribution in [0.5, 0.6) is 17.2 Å². The summed E-state index contributed by atoms with van der Waals surface area (Å²) < 4.78 is 64.7. The van der Waals surface area contributed by atoms with Gasteiger partial charge in [-0.15, -0.1) is 0 Å². The molecule has 0 aromatic heterocycles. The van der Waals surface area contributed by atoms with Gasteiger partial charge in [0, 0.05) is 81.4 Å². The van der Waals surface area contributed by atoms with Crippen molar-refractivity contribution in [1.29, 1.82) is 0 Å². The van der Waals surface area contributed by atoms with Crippen LogP contribution in [-0.2, 0) is 15.7 Å². The number of carbonyl (C=O) groups excluding carboxylic acids is 1. The molecule has 0 saturated carbocycles. The van der Waals surface area contributed by atoms with Crippen LogP contribution in [0.4, 0.5) is 41.6 Å². The number of benzene rings is 4. The van der Waals surface area contributed by atoms with Gasteiger partial charge in [-0.25, -0.2) is 4.99 Å². The fourth-order valence-corrected chi connectivity index (χ4v) is 7.61. The van der Waals surface area contributed by atoms with Gasteiger partial charge in [0.2, 0.25) is 5.96 Å². The van der Waals surface area contributed by atoms with Crippen molar-refractivity contribution in [3.05, 3.63) is 96.1 Å². The van der Waals surface area contributed by atoms with Crippen LogP contribution in [0.25, 0.3) is 0 Å². The zero-order chi connectivity index (χ0) is 38.7. The minimum atomic E-state index is -4.62. The lowest BCUT2D eigenvalue weighted by Crippen LogP contribution is -2.55. The van der Waals surface area contributed by atoms with E-state index in [-0.39, 0.29) is 17.9 Å². The molecule has 4 aromatic rings. The molecule has 0 radical (unpaired) electrons. The van der Waals surface area contributed by atoms with Crippen LogP contribution < -0.4 is 33.8 Å². The van der Waals surface area contributed by atoms with Crippen molar-refractivity contribution in [2.24, 2.45) is 4.99 Å². The van der Waals surface area contributed by atoms with Crippen molar-refractivity contribution in [3.8, 4) is 17.2 Å². The molecule has 2 fully saturated rings. The summed E-state index contributed by atoms with van der Waals surface area (Å²) in [5.41, 5.74) is 3.67. The van der Waals surface area contributed by atoms with Crippen molar-refractivity contribution in [3.63, 3.8) is 0 Å². The van der Waals surface area contributed by atoms with E-state index in [0.29, 0.717) is 56.5 Å². The third kappa shape index (κ3) is 7.76. The minimum Gasteiger partial charge on any atom is -0.497 e. The molecule has 3 aliphatic rings. The number of carbonyl (C=O) groups is 1. The number of piperazine rings is 2. The van der Waals surface area contributed by atoms with Crippen molar-refractivity contribution in [1.82, 2.24) is 4.90 Å². The number of fused-ring (bicyclic) bond motifs is 1. The van der Waals surface area contributed by atoms with Gasteiger partial charge < -0.3 is 43.4 Å². The molecule has 14 heteroatoms. The van der Waals surface area contributed by atoms with Crippen LogP contribution >= 0.6 is 0 Å². The van der Waals surface area contributed by atoms with Gasteiger partial charge in [-0.1, -0.05) is 24.3 Å². The first kappa shape index (κ1) is 37.5. The second kappa shape index (κ2) is 15.9. The zero-order valence-electron chi connectivity index (χ0n) is 31.4. The number of ether oxygens (including phenoxy) is 4. The van der Waals surface area contributed by atoms with Crippen molar-refractivity contribution in [2.75, 3.05) is 100 Å². The van der Waals surface area contributed by atoms with E-state index in [2.05, 4.69) is 25.7 Å². The van der Waals surface area contributed by atoms with E-state index in [4.69, 9.17) is 23.9 Å². The van der Waals surface area contributed by atoms with E-state index < -0.39 is 23.8 Å². The van der Waals surface area contributed by atoms with E-state index in [0.717, 1.165) is 53.8 Å². The molecular weight excluding hydrogens is 713 g/mol. The Bertz CT molecular complexity index is 2030. The van der Waals surface area contributed by atoms with Crippen molar-refractivity contribution in [2.45, 2.75) is 18.6 Å². The maximum atomic E-state index is 14.3. The fraction of sp³-hybridized carbons (Fsp3) is 0.366. The average Bonchev–Trinajstić information content (AvgIpc) is 3.22. The highest BCUT2D eigenvalue weighted by molar-refractivity contribution is 6.04. The van der Waals surface area contributed by atoms with E-state index >= 15 is 0 Å². The lowest BCUT2D eigenvalue weighted by Gasteiger charge is -2.46. The number of guanidine groups is 1. The van der Waals surface area contributed by atoms with Gasteiger partial charge in [-0.3, -0.25) is 4.79 Å². The predicted octanol–water partition coefficient (Wildman–Crippen LogP) is 6.99. The number of aliphatic imine (C=N–C) groups is 1. The molecule has 0 unspecified atom stereocenters. The Morgan fingerprint density at radius 2 is 1.24 bits per heavy atom. The number of anilines is 4. The average molecular weight is 759 g/mol. The van der Waals surface area contributed by atoms with Crippen LogP contribution in [0.3, 0.4) is 0 Å². The zero-order valence-corrected chi connectivity index (χ0v) is 31.4. The molecule has 7 rings (SSSR count). The van der Waals surface area contributed by atoms with E-state index in [9.17, 15) is 18.0 Å². The summed E-state index contributed by atoms with van der Waals surface area (Å²) in [5, 5.41) is 0. The van der Waals surface area contributed by atoms with Crippen LogP contribution in [0.15, 0.2) is 89.9 Å². The standard InChI is InChI=1S/C41H45F3N6O5/c1-52-31-10-5-8-29(25-31)46-16-20-48(21-17-46)34-13-7-12-33-35(27-38(51)55-4)50(36-24-28(41(42,43)44)14-15-37(36)54-3)40(45-39(33)34)49-22-18-47(19-23-49)30-9-6-11-32(26-30)53-2/h5-15,24-26,35H,16-23,27H2,1-4H3/t35-/m0/s1. The molecule has 0 spiro atoms. The summed E-state index contributed by atoms with van der Waals surface area (Å²) in [6.07, 6.45) is -4.76. The summed E-state index contributed by atoms with van der Waals surface area (Å²) in [4.78, 5) is 29.2. The summed E-state index contributed by atoms with van der Waals surface area (Å²) in [6, 6.07) is 24.3. The SMILES string of the molecule is COC(=O)C[C@H]1c2cccc(N3CCN(c4cccc(OC)c4)CC3)c2N=C(N2CCN(c3cccc(OC)c3)CC2)N1c1cc(C(F)(F)F)ccc1OC. The van der Waals surface area contributed by atoms with Gasteiger partial charge in [-0.2, -0.15) is 13.2 Å². The molecule has 290 valence electrons. The molecule has 0 N–H and O–H groups in total. The Morgan fingerprint density at radius 1 is 0.673 bits per heavy atom. The van der Waals surface area contributed by atoms with Gasteiger partial charge in [0.25, 0.3) is 0 Å². The fourth-order valence-electron chi connectivity index (χ4n) is 7.61. The molecule has 0 bridgehead atoms. The third-order valence-electron chi connectivity index (χ3n) is 10.5. The van der Waals surface area contributed by atoms with Crippen molar-refractivity contribution >= 4 is 40.4 Å². The minimum absolute atomic E-state index is 0.140. The Kier molecular flexibility index (Phi) is 10.8. The third-order valence-corrected chi connectivity index (χ3v) is 10.5. The maximum Gasteiger partial charge on any atom is 0.416 e. The Hall–Kier alpha value is -5.79. The molecule has 2 saturated heterocycles. The van der Waals surface area contributed by atoms with Gasteiger partial charge in [0.05, 0.1) is 63.5 Å². The smallest absolute Gasteiger partial charge is 0.416 e. The van der Waals surface area contributed by atoms with Gasteiger partial charge in [0.15, 0.2) is 0 Å². The largest absolute Gasteiger partial charge is 0.497 e. The van der Waals surface area contributed by atoms with Crippen LogP contribution in [-0.4, -0.2) is 97.6 Å². The number of methoxy groups -OCH3 is 4. The van der Waals surface area contributed by atoms with Gasteiger partial charge >= 0.3 is 12.1 Å². The second-order valence-corrected chi connectivity index (χ2v) is 13.5. The number of hydrogen-bond donors (Lipinski definition) is 0. The highest BCUT2D eigenvalue weighted by Gasteiger charge is 2.41. The lowest BCUT2D eigenvalue weighted by atomic mass is 9.95. The number of rotatable bonds is 9. The molecule has 11 nitrogen and oxygen atoms in total. The summed E-state index contributed by atoms with van der Waals surface area (Å²) in [7, 11) is 6.02. The Balaban J connectivity index is 1.30. The molecule has 55 heavy (non-hydrogen) atoms. The van der Waals surface area contributed by atoms with E-state index in [1.807, 2.05) is 60.7 Å². The second-order valence-electron chi connectivity index (χ2n) is 13.5. The Morgan fingerprint density at radius 3 is 1.78 bits per heavy atom. The molecule has 3 aliphatic heterocycles. The highest BCUT2D eigenvalue weighted by Crippen LogP contribution is 2.48. The highest BCUT2D eigenvalue weighted by atomic mass is 19.4. The topological polar surface area (TPSA) is 82.6 Å². The number of nitrogens with zero attached hydrogens (tertiary/aromatic N) is 6. The first-order chi connectivity index (χ1) is 26.6. The van der Waals surface area contributed by atoms with Crippen LogP contribution in [0.1, 0.15) is 23.6 Å². The molecule has 0 aliphatic carbocycles. The predicted molar refractivity (Wildman–Crippen MR) is 208 cm³/mol. The first-order valence-electron chi connectivity index (χ1n) is 18.2. The molecule has 3 heterocycles. The number of hydrogen-bond acceptors (Lipinski definition) is 11. The normalized spacial score (nSPS) is 17.4. The number of esters is 1. The molecule has 4 aromatic carbocycles. The molecular formula is C41H45F3N6O5. The summed E-state index contributed by atoms with van der Waals surface area (Å²) >= 11 is 0. The number of alkyl halides is 3. The number of para-hydroxylation sites is 1. The summed E-state index contributed by atoms with van der Waals surface area (Å²) in [6.45, 7) is 5.14. The molecule has 0 amide bonds. The van der Waals surface area contributed by atoms with Crippen LogP contribution in [0.2, 0.25) is 0 Å². The summed E-state index contributed by atoms with van der Waals surface area (Å²) in [5.74, 6) is 1.69. The molecule has 1 atom stereocenters. The van der Waals surface area contributed by atoms with Crippen LogP contribution in [0, 0.1) is 0 Å². The quantitative estimate of drug-likeness (QED) is 0.167. The van der Waals surface area contributed by atoms with E-state index in [1.165, 1.54) is 20.3 Å². The van der Waals surface area contributed by atoms with E-state index in [1.54, 1.807) is 19.1 Å². The maximum absolute atomic E-state index is 14.3. The lowest BCUT2D eigenvalue weighted by molar-refractivity contribution is -0.141. The van der Waals surface area contributed by atoms with Crippen molar-refractivity contribution < 1.29 is 36.9 Å².